The average Bonchev–Trinajstić information content (AvgIpc) is 1.97. The van der Waals surface area contributed by atoms with E-state index >= 15 is 0 Å². The first-order chi connectivity index (χ1) is 5.16. The van der Waals surface area contributed by atoms with Crippen molar-refractivity contribution < 1.29 is 14.0 Å². The molecule has 0 aliphatic carbocycles. The Hall–Kier alpha value is -0.0200. The third kappa shape index (κ3) is 7.88. The van der Waals surface area contributed by atoms with E-state index in [0.29, 0.717) is 6.61 Å². The van der Waals surface area contributed by atoms with Gasteiger partial charge >= 0.3 is 8.25 Å². The lowest BCUT2D eigenvalue weighted by atomic mass is 10.4. The van der Waals surface area contributed by atoms with Crippen LogP contribution >= 0.6 is 8.25 Å². The Morgan fingerprint density at radius 2 is 2.27 bits per heavy atom. The third-order valence-electron chi connectivity index (χ3n) is 1.43. The zero-order chi connectivity index (χ0) is 8.69. The molecular formula is C6H15NO3P+. The van der Waals surface area contributed by atoms with Gasteiger partial charge in [-0.05, 0) is 20.0 Å². The largest absolute Gasteiger partial charge is 0.694 e. The van der Waals surface area contributed by atoms with Gasteiger partial charge in [0.25, 0.3) is 0 Å². The van der Waals surface area contributed by atoms with Crippen molar-refractivity contribution in [2.75, 3.05) is 26.7 Å². The molecule has 1 unspecified atom stereocenters. The smallest absolute Gasteiger partial charge is 0.307 e. The van der Waals surface area contributed by atoms with Crippen molar-refractivity contribution in [1.82, 2.24) is 4.90 Å². The van der Waals surface area contributed by atoms with Crippen LogP contribution in [0.25, 0.3) is 0 Å². The predicted octanol–water partition coefficient (Wildman–Crippen LogP) is 0.994. The summed E-state index contributed by atoms with van der Waals surface area (Å²) in [6.07, 6.45) is 0.798. The van der Waals surface area contributed by atoms with Crippen molar-refractivity contribution in [2.24, 2.45) is 0 Å². The molecule has 0 aliphatic heterocycles. The van der Waals surface area contributed by atoms with Crippen LogP contribution in [0.3, 0.4) is 0 Å². The second-order valence-electron chi connectivity index (χ2n) is 2.32. The van der Waals surface area contributed by atoms with Crippen LogP contribution in [0.4, 0.5) is 0 Å². The van der Waals surface area contributed by atoms with Crippen molar-refractivity contribution in [3.63, 3.8) is 0 Å². The van der Waals surface area contributed by atoms with Gasteiger partial charge in [-0.25, -0.2) is 0 Å². The van der Waals surface area contributed by atoms with Gasteiger partial charge in [-0.15, -0.1) is 9.42 Å². The minimum Gasteiger partial charge on any atom is -0.307 e. The van der Waals surface area contributed by atoms with Crippen LogP contribution in [-0.2, 0) is 9.09 Å². The molecule has 1 N–H and O–H groups in total. The van der Waals surface area contributed by atoms with Gasteiger partial charge in [0, 0.05) is 11.1 Å². The van der Waals surface area contributed by atoms with Gasteiger partial charge in [-0.3, -0.25) is 0 Å². The van der Waals surface area contributed by atoms with E-state index in [4.69, 9.17) is 4.89 Å². The van der Waals surface area contributed by atoms with Crippen LogP contribution in [0.1, 0.15) is 13.3 Å². The van der Waals surface area contributed by atoms with Crippen molar-refractivity contribution in [3.05, 3.63) is 0 Å². The summed E-state index contributed by atoms with van der Waals surface area (Å²) < 4.78 is 14.5. The summed E-state index contributed by atoms with van der Waals surface area (Å²) in [5.41, 5.74) is 0. The van der Waals surface area contributed by atoms with Crippen molar-refractivity contribution in [1.29, 1.82) is 0 Å². The first-order valence-electron chi connectivity index (χ1n) is 3.64. The summed E-state index contributed by atoms with van der Waals surface area (Å²) in [6, 6.07) is 0. The standard InChI is InChI=1S/C6H14NO3P/c1-3-7(2)5-4-6-10-11(8)9/h3-6H2,1-2H3/p+1. The van der Waals surface area contributed by atoms with E-state index in [1.165, 1.54) is 0 Å². The molecule has 0 aromatic rings. The quantitative estimate of drug-likeness (QED) is 0.489. The zero-order valence-corrected chi connectivity index (χ0v) is 7.88. The highest BCUT2D eigenvalue weighted by atomic mass is 31.1. The first-order valence-corrected chi connectivity index (χ1v) is 4.77. The molecule has 0 aromatic heterocycles. The Morgan fingerprint density at radius 1 is 1.64 bits per heavy atom. The van der Waals surface area contributed by atoms with Crippen LogP contribution in [-0.4, -0.2) is 36.5 Å². The Morgan fingerprint density at radius 3 is 2.73 bits per heavy atom. The van der Waals surface area contributed by atoms with E-state index in [9.17, 15) is 4.57 Å². The lowest BCUT2D eigenvalue weighted by molar-refractivity contribution is 0.251. The van der Waals surface area contributed by atoms with Crippen LogP contribution in [0.15, 0.2) is 0 Å². The maximum absolute atomic E-state index is 10.0. The highest BCUT2D eigenvalue weighted by Gasteiger charge is 2.10. The molecule has 11 heavy (non-hydrogen) atoms. The monoisotopic (exact) mass is 180 g/mol. The van der Waals surface area contributed by atoms with Crippen LogP contribution < -0.4 is 0 Å². The lowest BCUT2D eigenvalue weighted by Crippen LogP contribution is -2.19. The topological polar surface area (TPSA) is 49.8 Å². The molecule has 1 atom stereocenters. The lowest BCUT2D eigenvalue weighted by Gasteiger charge is -2.11. The molecular weight excluding hydrogens is 165 g/mol. The molecule has 5 heteroatoms. The summed E-state index contributed by atoms with van der Waals surface area (Å²) >= 11 is 0. The predicted molar refractivity (Wildman–Crippen MR) is 43.6 cm³/mol. The molecule has 0 amide bonds. The van der Waals surface area contributed by atoms with Crippen LogP contribution in [0, 0.1) is 0 Å². The molecule has 66 valence electrons. The molecule has 0 saturated heterocycles. The second kappa shape index (κ2) is 6.68. The second-order valence-corrected chi connectivity index (χ2v) is 3.05. The van der Waals surface area contributed by atoms with Gasteiger partial charge in [0.1, 0.15) is 6.61 Å². The minimum atomic E-state index is -2.40. The number of rotatable bonds is 6. The summed E-state index contributed by atoms with van der Waals surface area (Å²) in [5.74, 6) is 0. The fourth-order valence-corrected chi connectivity index (χ4v) is 0.921. The third-order valence-corrected chi connectivity index (χ3v) is 1.83. The molecule has 0 saturated carbocycles. The SMILES string of the molecule is CCN(C)CCCO[P+](=O)O. The first kappa shape index (κ1) is 11.0. The van der Waals surface area contributed by atoms with E-state index in [-0.39, 0.29) is 0 Å². The Balaban J connectivity index is 3.08. The molecule has 0 spiro atoms. The molecule has 0 aliphatic rings. The molecule has 0 aromatic carbocycles. The summed E-state index contributed by atoms with van der Waals surface area (Å²) in [6.45, 7) is 4.31. The van der Waals surface area contributed by atoms with E-state index in [2.05, 4.69) is 16.3 Å². The Kier molecular flexibility index (Phi) is 6.66. The summed E-state index contributed by atoms with van der Waals surface area (Å²) in [4.78, 5) is 10.4. The molecule has 4 nitrogen and oxygen atoms in total. The zero-order valence-electron chi connectivity index (χ0n) is 6.99. The van der Waals surface area contributed by atoms with E-state index in [1.807, 2.05) is 7.05 Å². The van der Waals surface area contributed by atoms with Gasteiger partial charge in [0.15, 0.2) is 0 Å². The van der Waals surface area contributed by atoms with Gasteiger partial charge in [0.05, 0.1) is 0 Å². The maximum atomic E-state index is 10.0. The molecule has 0 fully saturated rings. The Labute approximate surface area is 68.1 Å². The fraction of sp³-hybridized carbons (Fsp3) is 1.00. The van der Waals surface area contributed by atoms with Gasteiger partial charge in [-0.2, -0.15) is 0 Å². The van der Waals surface area contributed by atoms with Crippen molar-refractivity contribution in [2.45, 2.75) is 13.3 Å². The normalized spacial score (nSPS) is 12.2. The highest BCUT2D eigenvalue weighted by Crippen LogP contribution is 2.13. The van der Waals surface area contributed by atoms with E-state index in [1.54, 1.807) is 0 Å². The molecule has 0 heterocycles. The fourth-order valence-electron chi connectivity index (χ4n) is 0.635. The number of hydrogen-bond donors (Lipinski definition) is 1. The number of hydrogen-bond acceptors (Lipinski definition) is 3. The van der Waals surface area contributed by atoms with Gasteiger partial charge in [-0.1, -0.05) is 6.92 Å². The average molecular weight is 180 g/mol. The summed E-state index contributed by atoms with van der Waals surface area (Å²) in [5, 5.41) is 0. The van der Waals surface area contributed by atoms with Crippen molar-refractivity contribution >= 4 is 8.25 Å². The van der Waals surface area contributed by atoms with Crippen LogP contribution in [0.5, 0.6) is 0 Å². The summed E-state index contributed by atoms with van der Waals surface area (Å²) in [7, 11) is -0.405. The van der Waals surface area contributed by atoms with Gasteiger partial charge in [0.2, 0.25) is 0 Å². The minimum absolute atomic E-state index is 0.357. The maximum Gasteiger partial charge on any atom is 0.694 e. The van der Waals surface area contributed by atoms with E-state index in [0.717, 1.165) is 19.5 Å². The van der Waals surface area contributed by atoms with E-state index < -0.39 is 8.25 Å². The number of nitrogens with zero attached hydrogens (tertiary/aromatic N) is 1. The molecule has 0 bridgehead atoms. The van der Waals surface area contributed by atoms with Crippen molar-refractivity contribution in [3.8, 4) is 0 Å². The van der Waals surface area contributed by atoms with Gasteiger partial charge < -0.3 is 4.90 Å². The molecule has 0 radical (unpaired) electrons. The highest BCUT2D eigenvalue weighted by molar-refractivity contribution is 7.32. The molecule has 0 rings (SSSR count). The Bertz CT molecular complexity index is 120. The van der Waals surface area contributed by atoms with Crippen LogP contribution in [0.2, 0.25) is 0 Å².